The van der Waals surface area contributed by atoms with Gasteiger partial charge in [-0.3, -0.25) is 4.79 Å². The summed E-state index contributed by atoms with van der Waals surface area (Å²) in [5, 5.41) is 3.44. The van der Waals surface area contributed by atoms with E-state index in [2.05, 4.69) is 32.3 Å². The van der Waals surface area contributed by atoms with Crippen molar-refractivity contribution in [2.24, 2.45) is 11.1 Å². The molecular formula is C12H26N2OS. The third kappa shape index (κ3) is 7.99. The van der Waals surface area contributed by atoms with Gasteiger partial charge in [-0.05, 0) is 31.1 Å². The van der Waals surface area contributed by atoms with Crippen molar-refractivity contribution in [2.75, 3.05) is 19.3 Å². The molecule has 0 heterocycles. The molecule has 0 bridgehead atoms. The molecule has 96 valence electrons. The smallest absolute Gasteiger partial charge is 0.220 e. The van der Waals surface area contributed by atoms with E-state index in [1.54, 1.807) is 11.8 Å². The Kier molecular flexibility index (Phi) is 7.85. The Bertz CT molecular complexity index is 207. The maximum atomic E-state index is 11.6. The second kappa shape index (κ2) is 7.96. The van der Waals surface area contributed by atoms with Crippen LogP contribution in [-0.2, 0) is 4.79 Å². The summed E-state index contributed by atoms with van der Waals surface area (Å²) in [6, 6.07) is 0. The molecule has 0 aromatic carbocycles. The number of carbonyl (C=O) groups is 1. The van der Waals surface area contributed by atoms with Gasteiger partial charge in [-0.2, -0.15) is 11.8 Å². The fraction of sp³-hybridized carbons (Fsp3) is 0.917. The van der Waals surface area contributed by atoms with E-state index in [1.807, 2.05) is 0 Å². The van der Waals surface area contributed by atoms with Crippen LogP contribution >= 0.6 is 11.8 Å². The van der Waals surface area contributed by atoms with Crippen molar-refractivity contribution in [2.45, 2.75) is 45.3 Å². The van der Waals surface area contributed by atoms with Gasteiger partial charge >= 0.3 is 0 Å². The van der Waals surface area contributed by atoms with Gasteiger partial charge in [0.2, 0.25) is 5.91 Å². The van der Waals surface area contributed by atoms with E-state index in [0.717, 1.165) is 19.4 Å². The number of hydrogen-bond acceptors (Lipinski definition) is 3. The number of nitrogens with one attached hydrogen (secondary N) is 1. The Morgan fingerprint density at radius 3 is 2.56 bits per heavy atom. The Balaban J connectivity index is 3.72. The lowest BCUT2D eigenvalue weighted by Crippen LogP contribution is -2.30. The molecule has 0 radical (unpaired) electrons. The third-order valence-corrected chi connectivity index (χ3v) is 3.81. The number of nitrogens with two attached hydrogens (primary N) is 1. The zero-order valence-electron chi connectivity index (χ0n) is 11.0. The minimum absolute atomic E-state index is 0.158. The summed E-state index contributed by atoms with van der Waals surface area (Å²) in [6.07, 6.45) is 4.54. The topological polar surface area (TPSA) is 55.1 Å². The molecule has 1 amide bonds. The van der Waals surface area contributed by atoms with Crippen LogP contribution in [0.15, 0.2) is 0 Å². The number of rotatable bonds is 8. The van der Waals surface area contributed by atoms with Gasteiger partial charge in [0, 0.05) is 18.2 Å². The lowest BCUT2D eigenvalue weighted by Gasteiger charge is -2.23. The summed E-state index contributed by atoms with van der Waals surface area (Å²) in [4.78, 5) is 11.6. The second-order valence-corrected chi connectivity index (χ2v) is 6.33. The molecule has 0 aliphatic rings. The molecule has 0 spiro atoms. The van der Waals surface area contributed by atoms with Gasteiger partial charge in [-0.1, -0.05) is 20.8 Å². The van der Waals surface area contributed by atoms with E-state index >= 15 is 0 Å². The highest BCUT2D eigenvalue weighted by molar-refractivity contribution is 7.99. The molecule has 1 atom stereocenters. The minimum Gasteiger partial charge on any atom is -0.355 e. The van der Waals surface area contributed by atoms with Gasteiger partial charge in [-0.15, -0.1) is 0 Å². The number of hydrogen-bond donors (Lipinski definition) is 2. The van der Waals surface area contributed by atoms with Crippen LogP contribution in [0.5, 0.6) is 0 Å². The number of amides is 1. The van der Waals surface area contributed by atoms with E-state index in [0.29, 0.717) is 18.2 Å². The molecule has 0 aromatic heterocycles. The molecule has 0 saturated heterocycles. The Morgan fingerprint density at radius 1 is 1.44 bits per heavy atom. The summed E-state index contributed by atoms with van der Waals surface area (Å²) in [5.41, 5.74) is 5.71. The largest absolute Gasteiger partial charge is 0.355 e. The van der Waals surface area contributed by atoms with E-state index < -0.39 is 0 Å². The molecule has 16 heavy (non-hydrogen) atoms. The highest BCUT2D eigenvalue weighted by Crippen LogP contribution is 2.25. The SMILES string of the molecule is CSC(C)CNC(=O)CCC(C)(C)CCN. The maximum Gasteiger partial charge on any atom is 0.220 e. The fourth-order valence-corrected chi connectivity index (χ4v) is 1.65. The molecule has 3 nitrogen and oxygen atoms in total. The van der Waals surface area contributed by atoms with Gasteiger partial charge < -0.3 is 11.1 Å². The van der Waals surface area contributed by atoms with Gasteiger partial charge in [0.1, 0.15) is 0 Å². The van der Waals surface area contributed by atoms with E-state index in [4.69, 9.17) is 5.73 Å². The second-order valence-electron chi connectivity index (χ2n) is 5.05. The lowest BCUT2D eigenvalue weighted by atomic mass is 9.84. The first-order chi connectivity index (χ1) is 7.41. The van der Waals surface area contributed by atoms with Gasteiger partial charge in [0.25, 0.3) is 0 Å². The number of thioether (sulfide) groups is 1. The first-order valence-corrected chi connectivity index (χ1v) is 7.19. The molecule has 0 saturated carbocycles. The Labute approximate surface area is 104 Å². The van der Waals surface area contributed by atoms with Crippen LogP contribution in [0.1, 0.15) is 40.0 Å². The molecular weight excluding hydrogens is 220 g/mol. The lowest BCUT2D eigenvalue weighted by molar-refractivity contribution is -0.121. The van der Waals surface area contributed by atoms with Gasteiger partial charge in [0.05, 0.1) is 0 Å². The van der Waals surface area contributed by atoms with Crippen molar-refractivity contribution in [1.29, 1.82) is 0 Å². The monoisotopic (exact) mass is 246 g/mol. The van der Waals surface area contributed by atoms with Gasteiger partial charge in [0.15, 0.2) is 0 Å². The standard InChI is InChI=1S/C12H26N2OS/c1-10(16-4)9-14-11(15)5-6-12(2,3)7-8-13/h10H,5-9,13H2,1-4H3,(H,14,15). The summed E-state index contributed by atoms with van der Waals surface area (Å²) in [6.45, 7) is 7.90. The molecule has 1 unspecified atom stereocenters. The predicted molar refractivity (Wildman–Crippen MR) is 72.7 cm³/mol. The zero-order chi connectivity index (χ0) is 12.6. The van der Waals surface area contributed by atoms with Crippen molar-refractivity contribution >= 4 is 17.7 Å². The quantitative estimate of drug-likeness (QED) is 0.689. The van der Waals surface area contributed by atoms with Crippen LogP contribution in [0.4, 0.5) is 0 Å². The molecule has 3 N–H and O–H groups in total. The highest BCUT2D eigenvalue weighted by Gasteiger charge is 2.18. The average molecular weight is 246 g/mol. The molecule has 0 aliphatic heterocycles. The van der Waals surface area contributed by atoms with E-state index in [9.17, 15) is 4.79 Å². The molecule has 0 fully saturated rings. The summed E-state index contributed by atoms with van der Waals surface area (Å²) in [7, 11) is 0. The van der Waals surface area contributed by atoms with Crippen molar-refractivity contribution < 1.29 is 4.79 Å². The Morgan fingerprint density at radius 2 is 2.06 bits per heavy atom. The van der Waals surface area contributed by atoms with Gasteiger partial charge in [-0.25, -0.2) is 0 Å². The first-order valence-electron chi connectivity index (χ1n) is 5.91. The predicted octanol–water partition coefficient (Wildman–Crippen LogP) is 2.01. The fourth-order valence-electron chi connectivity index (χ4n) is 1.40. The summed E-state index contributed by atoms with van der Waals surface area (Å²) >= 11 is 1.77. The van der Waals surface area contributed by atoms with Crippen LogP contribution in [0.3, 0.4) is 0 Å². The molecule has 0 aromatic rings. The molecule has 0 aliphatic carbocycles. The van der Waals surface area contributed by atoms with Crippen LogP contribution in [0.25, 0.3) is 0 Å². The average Bonchev–Trinajstić information content (AvgIpc) is 2.23. The maximum absolute atomic E-state index is 11.6. The number of carbonyl (C=O) groups excluding carboxylic acids is 1. The van der Waals surface area contributed by atoms with E-state index in [-0.39, 0.29) is 11.3 Å². The van der Waals surface area contributed by atoms with Crippen LogP contribution in [0, 0.1) is 5.41 Å². The van der Waals surface area contributed by atoms with Crippen molar-refractivity contribution in [1.82, 2.24) is 5.32 Å². The van der Waals surface area contributed by atoms with Crippen molar-refractivity contribution in [3.05, 3.63) is 0 Å². The van der Waals surface area contributed by atoms with E-state index in [1.165, 1.54) is 0 Å². The normalized spacial score (nSPS) is 13.6. The van der Waals surface area contributed by atoms with Crippen LogP contribution in [-0.4, -0.2) is 30.5 Å². The molecule has 4 heteroatoms. The highest BCUT2D eigenvalue weighted by atomic mass is 32.2. The minimum atomic E-state index is 0.158. The van der Waals surface area contributed by atoms with Crippen LogP contribution in [0.2, 0.25) is 0 Å². The van der Waals surface area contributed by atoms with Crippen molar-refractivity contribution in [3.8, 4) is 0 Å². The summed E-state index contributed by atoms with van der Waals surface area (Å²) in [5.74, 6) is 0.158. The third-order valence-electron chi connectivity index (χ3n) is 2.84. The van der Waals surface area contributed by atoms with Crippen LogP contribution < -0.4 is 11.1 Å². The van der Waals surface area contributed by atoms with Crippen molar-refractivity contribution in [3.63, 3.8) is 0 Å². The molecule has 0 rings (SSSR count). The summed E-state index contributed by atoms with van der Waals surface area (Å²) < 4.78 is 0. The Hall–Kier alpha value is -0.220. The zero-order valence-corrected chi connectivity index (χ0v) is 11.8. The first kappa shape index (κ1) is 15.8.